The van der Waals surface area contributed by atoms with E-state index in [1.165, 1.54) is 12.8 Å². The van der Waals surface area contributed by atoms with Gasteiger partial charge in [0, 0.05) is 23.1 Å². The van der Waals surface area contributed by atoms with E-state index >= 15 is 0 Å². The predicted molar refractivity (Wildman–Crippen MR) is 84.3 cm³/mol. The second-order valence-electron chi connectivity index (χ2n) is 4.99. The zero-order valence-electron chi connectivity index (χ0n) is 11.6. The Morgan fingerprint density at radius 3 is 2.55 bits per heavy atom. The van der Waals surface area contributed by atoms with E-state index in [9.17, 15) is 4.79 Å². The fourth-order valence-electron chi connectivity index (χ4n) is 2.49. The van der Waals surface area contributed by atoms with Gasteiger partial charge >= 0.3 is 0 Å². The van der Waals surface area contributed by atoms with Crippen LogP contribution in [0, 0.1) is 0 Å². The van der Waals surface area contributed by atoms with Gasteiger partial charge in [-0.15, -0.1) is 11.6 Å². The SMILES string of the molecule is COc1ccc(Br)cc1C(Cl)C(=O)N1CCCCCC1. The van der Waals surface area contributed by atoms with E-state index in [1.54, 1.807) is 7.11 Å². The van der Waals surface area contributed by atoms with Gasteiger partial charge in [-0.05, 0) is 31.0 Å². The summed E-state index contributed by atoms with van der Waals surface area (Å²) in [7, 11) is 1.59. The van der Waals surface area contributed by atoms with Gasteiger partial charge in [-0.3, -0.25) is 4.79 Å². The van der Waals surface area contributed by atoms with Gasteiger partial charge in [0.1, 0.15) is 11.1 Å². The lowest BCUT2D eigenvalue weighted by Gasteiger charge is -2.24. The molecule has 2 rings (SSSR count). The molecule has 5 heteroatoms. The highest BCUT2D eigenvalue weighted by Gasteiger charge is 2.27. The van der Waals surface area contributed by atoms with Crippen LogP contribution in [0.4, 0.5) is 0 Å². The van der Waals surface area contributed by atoms with Gasteiger partial charge in [-0.1, -0.05) is 28.8 Å². The van der Waals surface area contributed by atoms with Crippen molar-refractivity contribution in [1.82, 2.24) is 4.90 Å². The lowest BCUT2D eigenvalue weighted by Crippen LogP contribution is -2.34. The monoisotopic (exact) mass is 359 g/mol. The molecule has 1 heterocycles. The number of hydrogen-bond donors (Lipinski definition) is 0. The molecule has 1 atom stereocenters. The van der Waals surface area contributed by atoms with Crippen LogP contribution >= 0.6 is 27.5 Å². The highest BCUT2D eigenvalue weighted by molar-refractivity contribution is 9.10. The first-order chi connectivity index (χ1) is 9.63. The lowest BCUT2D eigenvalue weighted by atomic mass is 10.1. The third-order valence-corrected chi connectivity index (χ3v) is 4.51. The van der Waals surface area contributed by atoms with E-state index in [4.69, 9.17) is 16.3 Å². The standard InChI is InChI=1S/C15H19BrClNO2/c1-20-13-7-6-11(16)10-12(13)14(17)15(19)18-8-4-2-3-5-9-18/h6-7,10,14H,2-5,8-9H2,1H3. The molecule has 1 unspecified atom stereocenters. The molecule has 0 aliphatic carbocycles. The zero-order chi connectivity index (χ0) is 14.5. The van der Waals surface area contributed by atoms with Crippen molar-refractivity contribution in [2.24, 2.45) is 0 Å². The number of alkyl halides is 1. The highest BCUT2D eigenvalue weighted by atomic mass is 79.9. The Hall–Kier alpha value is -0.740. The second kappa shape index (κ2) is 7.32. The molecule has 1 aromatic rings. The molecular formula is C15H19BrClNO2. The Kier molecular flexibility index (Phi) is 5.73. The van der Waals surface area contributed by atoms with Crippen molar-refractivity contribution < 1.29 is 9.53 Å². The average molecular weight is 361 g/mol. The van der Waals surface area contributed by atoms with Crippen LogP contribution in [0.3, 0.4) is 0 Å². The van der Waals surface area contributed by atoms with Crippen LogP contribution in [0.5, 0.6) is 5.75 Å². The summed E-state index contributed by atoms with van der Waals surface area (Å²) in [6.45, 7) is 1.61. The number of likely N-dealkylation sites (tertiary alicyclic amines) is 1. The van der Waals surface area contributed by atoms with Crippen LogP contribution < -0.4 is 4.74 Å². The zero-order valence-corrected chi connectivity index (χ0v) is 13.9. The molecule has 1 amide bonds. The number of rotatable bonds is 3. The molecule has 0 N–H and O–H groups in total. The Morgan fingerprint density at radius 2 is 1.95 bits per heavy atom. The van der Waals surface area contributed by atoms with Gasteiger partial charge in [0.15, 0.2) is 0 Å². The number of carbonyl (C=O) groups is 1. The Balaban J connectivity index is 2.19. The Morgan fingerprint density at radius 1 is 1.30 bits per heavy atom. The topological polar surface area (TPSA) is 29.5 Å². The summed E-state index contributed by atoms with van der Waals surface area (Å²) >= 11 is 9.82. The maximum Gasteiger partial charge on any atom is 0.245 e. The molecular weight excluding hydrogens is 342 g/mol. The molecule has 0 saturated carbocycles. The number of ether oxygens (including phenoxy) is 1. The number of methoxy groups -OCH3 is 1. The molecule has 1 fully saturated rings. The molecule has 0 bridgehead atoms. The molecule has 1 aromatic carbocycles. The summed E-state index contributed by atoms with van der Waals surface area (Å²) in [4.78, 5) is 14.4. The molecule has 3 nitrogen and oxygen atoms in total. The average Bonchev–Trinajstić information content (AvgIpc) is 2.74. The number of amides is 1. The number of carbonyl (C=O) groups excluding carboxylic acids is 1. The summed E-state index contributed by atoms with van der Waals surface area (Å²) in [5, 5.41) is -0.694. The molecule has 0 radical (unpaired) electrons. The van der Waals surface area contributed by atoms with E-state index in [0.717, 1.165) is 36.0 Å². The van der Waals surface area contributed by atoms with E-state index in [0.29, 0.717) is 5.75 Å². The van der Waals surface area contributed by atoms with Crippen LogP contribution in [-0.2, 0) is 4.79 Å². The summed E-state index contributed by atoms with van der Waals surface area (Å²) < 4.78 is 6.20. The highest BCUT2D eigenvalue weighted by Crippen LogP contribution is 2.34. The van der Waals surface area contributed by atoms with E-state index in [1.807, 2.05) is 23.1 Å². The quantitative estimate of drug-likeness (QED) is 0.758. The Labute approximate surface area is 133 Å². The van der Waals surface area contributed by atoms with Crippen LogP contribution in [0.25, 0.3) is 0 Å². The van der Waals surface area contributed by atoms with Crippen molar-refractivity contribution in [3.63, 3.8) is 0 Å². The largest absolute Gasteiger partial charge is 0.496 e. The third kappa shape index (κ3) is 3.67. The summed E-state index contributed by atoms with van der Waals surface area (Å²) in [6.07, 6.45) is 4.50. The molecule has 0 spiro atoms. The van der Waals surface area contributed by atoms with Crippen molar-refractivity contribution in [2.75, 3.05) is 20.2 Å². The molecule has 1 aliphatic rings. The normalized spacial score (nSPS) is 17.4. The van der Waals surface area contributed by atoms with Crippen molar-refractivity contribution in [2.45, 2.75) is 31.1 Å². The third-order valence-electron chi connectivity index (χ3n) is 3.60. The van der Waals surface area contributed by atoms with Crippen molar-refractivity contribution in [3.05, 3.63) is 28.2 Å². The first-order valence-electron chi connectivity index (χ1n) is 6.90. The van der Waals surface area contributed by atoms with Crippen molar-refractivity contribution in [3.8, 4) is 5.75 Å². The Bertz CT molecular complexity index is 473. The van der Waals surface area contributed by atoms with E-state index in [-0.39, 0.29) is 5.91 Å². The van der Waals surface area contributed by atoms with Crippen LogP contribution in [0.15, 0.2) is 22.7 Å². The lowest BCUT2D eigenvalue weighted by molar-refractivity contribution is -0.130. The summed E-state index contributed by atoms with van der Waals surface area (Å²) in [5.41, 5.74) is 0.720. The van der Waals surface area contributed by atoms with Crippen molar-refractivity contribution in [1.29, 1.82) is 0 Å². The van der Waals surface area contributed by atoms with E-state index < -0.39 is 5.38 Å². The second-order valence-corrected chi connectivity index (χ2v) is 6.34. The minimum absolute atomic E-state index is 0.0232. The summed E-state index contributed by atoms with van der Waals surface area (Å²) in [6, 6.07) is 5.55. The van der Waals surface area contributed by atoms with Gasteiger partial charge in [0.2, 0.25) is 5.91 Å². The van der Waals surface area contributed by atoms with Gasteiger partial charge in [0.25, 0.3) is 0 Å². The fraction of sp³-hybridized carbons (Fsp3) is 0.533. The van der Waals surface area contributed by atoms with Gasteiger partial charge in [-0.2, -0.15) is 0 Å². The van der Waals surface area contributed by atoms with Crippen LogP contribution in [0.1, 0.15) is 36.6 Å². The minimum atomic E-state index is -0.694. The van der Waals surface area contributed by atoms with Crippen LogP contribution in [-0.4, -0.2) is 31.0 Å². The molecule has 1 aliphatic heterocycles. The number of hydrogen-bond acceptors (Lipinski definition) is 2. The maximum atomic E-state index is 12.6. The first-order valence-corrected chi connectivity index (χ1v) is 8.12. The fourth-order valence-corrected chi connectivity index (χ4v) is 3.17. The maximum absolute atomic E-state index is 12.6. The van der Waals surface area contributed by atoms with Gasteiger partial charge in [-0.25, -0.2) is 0 Å². The minimum Gasteiger partial charge on any atom is -0.496 e. The predicted octanol–water partition coefficient (Wildman–Crippen LogP) is 4.14. The van der Waals surface area contributed by atoms with Gasteiger partial charge in [0.05, 0.1) is 7.11 Å². The first kappa shape index (κ1) is 15.6. The van der Waals surface area contributed by atoms with Crippen molar-refractivity contribution >= 4 is 33.4 Å². The molecule has 1 saturated heterocycles. The number of nitrogens with zero attached hydrogens (tertiary/aromatic N) is 1. The molecule has 110 valence electrons. The number of halogens is 2. The molecule has 0 aromatic heterocycles. The smallest absolute Gasteiger partial charge is 0.245 e. The summed E-state index contributed by atoms with van der Waals surface area (Å²) in [5.74, 6) is 0.626. The van der Waals surface area contributed by atoms with E-state index in [2.05, 4.69) is 15.9 Å². The van der Waals surface area contributed by atoms with Crippen LogP contribution in [0.2, 0.25) is 0 Å². The number of benzene rings is 1. The molecule has 20 heavy (non-hydrogen) atoms. The van der Waals surface area contributed by atoms with Gasteiger partial charge < -0.3 is 9.64 Å².